The maximum absolute atomic E-state index is 9.97. The summed E-state index contributed by atoms with van der Waals surface area (Å²) < 4.78 is 7.06. The quantitative estimate of drug-likeness (QED) is 0.334. The van der Waals surface area contributed by atoms with Crippen LogP contribution in [0.3, 0.4) is 0 Å². The van der Waals surface area contributed by atoms with Crippen molar-refractivity contribution in [2.24, 2.45) is 0 Å². The second-order valence-corrected chi connectivity index (χ2v) is 9.76. The molecule has 2 N–H and O–H groups in total. The highest BCUT2D eigenvalue weighted by molar-refractivity contribution is 7.22. The topological polar surface area (TPSA) is 52.9 Å². The van der Waals surface area contributed by atoms with E-state index in [0.29, 0.717) is 0 Å². The van der Waals surface area contributed by atoms with Gasteiger partial charge in [0.05, 0.1) is 0 Å². The minimum Gasteiger partial charge on any atom is -0.508 e. The first-order chi connectivity index (χ1) is 16.2. The Morgan fingerprint density at radius 3 is 2.30 bits per heavy atom. The molecule has 0 radical (unpaired) electrons. The lowest BCUT2D eigenvalue weighted by molar-refractivity contribution is 0.183. The third kappa shape index (κ3) is 5.15. The molecule has 5 rings (SSSR count). The number of thiophene rings is 1. The minimum absolute atomic E-state index is 0.259. The number of phenols is 2. The van der Waals surface area contributed by atoms with Crippen molar-refractivity contribution >= 4 is 21.4 Å². The second kappa shape index (κ2) is 9.86. The largest absolute Gasteiger partial charge is 0.508 e. The standard InChI is InChI=1S/C28H29NO3S/c30-22-8-6-21(7-9-22)28-26(25-13-10-23(31)19-27(25)33-28)18-20-4-11-24(12-5-20)32-17-16-29-14-2-1-3-15-29/h4-13,19,30-31H,1-3,14-18H2. The summed E-state index contributed by atoms with van der Waals surface area (Å²) >= 11 is 1.67. The summed E-state index contributed by atoms with van der Waals surface area (Å²) in [6, 6.07) is 21.3. The maximum Gasteiger partial charge on any atom is 0.119 e. The summed E-state index contributed by atoms with van der Waals surface area (Å²) in [5.74, 6) is 1.45. The van der Waals surface area contributed by atoms with Crippen molar-refractivity contribution in [3.63, 3.8) is 0 Å². The summed E-state index contributed by atoms with van der Waals surface area (Å²) in [4.78, 5) is 3.65. The van der Waals surface area contributed by atoms with Gasteiger partial charge in [-0.25, -0.2) is 0 Å². The van der Waals surface area contributed by atoms with E-state index < -0.39 is 0 Å². The fraction of sp³-hybridized carbons (Fsp3) is 0.286. The van der Waals surface area contributed by atoms with Gasteiger partial charge in [-0.2, -0.15) is 0 Å². The van der Waals surface area contributed by atoms with Crippen LogP contribution >= 0.6 is 11.3 Å². The van der Waals surface area contributed by atoms with Crippen molar-refractivity contribution in [3.05, 3.63) is 77.9 Å². The SMILES string of the molecule is Oc1ccc(-c2sc3cc(O)ccc3c2Cc2ccc(OCCN3CCCCC3)cc2)cc1. The Bertz CT molecular complexity index is 1210. The van der Waals surface area contributed by atoms with Gasteiger partial charge in [-0.1, -0.05) is 18.6 Å². The first-order valence-electron chi connectivity index (χ1n) is 11.6. The van der Waals surface area contributed by atoms with E-state index >= 15 is 0 Å². The van der Waals surface area contributed by atoms with Crippen molar-refractivity contribution in [2.45, 2.75) is 25.7 Å². The van der Waals surface area contributed by atoms with Crippen molar-refractivity contribution < 1.29 is 14.9 Å². The number of hydrogen-bond acceptors (Lipinski definition) is 5. The molecule has 0 bridgehead atoms. The normalized spacial score (nSPS) is 14.5. The van der Waals surface area contributed by atoms with E-state index in [1.54, 1.807) is 29.5 Å². The predicted octanol–water partition coefficient (Wildman–Crippen LogP) is 6.44. The third-order valence-electron chi connectivity index (χ3n) is 6.34. The third-order valence-corrected chi connectivity index (χ3v) is 7.58. The molecule has 5 heteroatoms. The Hall–Kier alpha value is -3.02. The molecule has 1 aliphatic heterocycles. The van der Waals surface area contributed by atoms with Gasteiger partial charge in [0.1, 0.15) is 23.9 Å². The molecule has 0 aliphatic carbocycles. The number of aromatic hydroxyl groups is 2. The van der Waals surface area contributed by atoms with Gasteiger partial charge in [0.15, 0.2) is 0 Å². The van der Waals surface area contributed by atoms with Gasteiger partial charge in [0.2, 0.25) is 0 Å². The first-order valence-corrected chi connectivity index (χ1v) is 12.5. The van der Waals surface area contributed by atoms with Gasteiger partial charge in [-0.15, -0.1) is 11.3 Å². The average molecular weight is 460 g/mol. The van der Waals surface area contributed by atoms with Gasteiger partial charge in [-0.3, -0.25) is 4.90 Å². The molecule has 0 unspecified atom stereocenters. The van der Waals surface area contributed by atoms with E-state index in [1.165, 1.54) is 43.5 Å². The van der Waals surface area contributed by atoms with Crippen LogP contribution in [0.1, 0.15) is 30.4 Å². The molecule has 1 aliphatic rings. The monoisotopic (exact) mass is 459 g/mol. The predicted molar refractivity (Wildman–Crippen MR) is 136 cm³/mol. The lowest BCUT2D eigenvalue weighted by Gasteiger charge is -2.26. The summed E-state index contributed by atoms with van der Waals surface area (Å²) in [6.45, 7) is 4.10. The number of benzene rings is 3. The van der Waals surface area contributed by atoms with Crippen LogP contribution in [0.15, 0.2) is 66.7 Å². The molecular formula is C28H29NO3S. The van der Waals surface area contributed by atoms with Gasteiger partial charge in [0, 0.05) is 16.1 Å². The van der Waals surface area contributed by atoms with Crippen LogP contribution in [-0.4, -0.2) is 41.4 Å². The van der Waals surface area contributed by atoms with Crippen LogP contribution in [0.4, 0.5) is 0 Å². The fourth-order valence-electron chi connectivity index (χ4n) is 4.54. The van der Waals surface area contributed by atoms with Crippen LogP contribution in [0.5, 0.6) is 17.2 Å². The Kier molecular flexibility index (Phi) is 6.51. The summed E-state index contributed by atoms with van der Waals surface area (Å²) in [5.41, 5.74) is 3.52. The van der Waals surface area contributed by atoms with E-state index in [9.17, 15) is 10.2 Å². The Balaban J connectivity index is 1.33. The first kappa shape index (κ1) is 21.8. The smallest absolute Gasteiger partial charge is 0.119 e. The number of phenolic OH excluding ortho intramolecular Hbond substituents is 2. The van der Waals surface area contributed by atoms with E-state index in [2.05, 4.69) is 29.2 Å². The van der Waals surface area contributed by atoms with Gasteiger partial charge in [0.25, 0.3) is 0 Å². The molecule has 0 amide bonds. The molecule has 4 nitrogen and oxygen atoms in total. The van der Waals surface area contributed by atoms with Crippen molar-refractivity contribution in [2.75, 3.05) is 26.2 Å². The Labute approximate surface area is 198 Å². The lowest BCUT2D eigenvalue weighted by Crippen LogP contribution is -2.33. The molecule has 4 aromatic rings. The number of ether oxygens (including phenoxy) is 1. The molecule has 0 atom stereocenters. The molecule has 170 valence electrons. The molecule has 0 saturated carbocycles. The fourth-order valence-corrected chi connectivity index (χ4v) is 5.80. The van der Waals surface area contributed by atoms with E-state index in [0.717, 1.165) is 45.8 Å². The zero-order valence-electron chi connectivity index (χ0n) is 18.7. The second-order valence-electron chi connectivity index (χ2n) is 8.71. The molecule has 3 aromatic carbocycles. The van der Waals surface area contributed by atoms with E-state index in [4.69, 9.17) is 4.74 Å². The molecule has 0 spiro atoms. The summed E-state index contributed by atoms with van der Waals surface area (Å²) in [6.07, 6.45) is 4.75. The highest BCUT2D eigenvalue weighted by Gasteiger charge is 2.15. The summed E-state index contributed by atoms with van der Waals surface area (Å²) in [7, 11) is 0. The minimum atomic E-state index is 0.259. The van der Waals surface area contributed by atoms with E-state index in [1.807, 2.05) is 24.3 Å². The van der Waals surface area contributed by atoms with E-state index in [-0.39, 0.29) is 11.5 Å². The maximum atomic E-state index is 9.97. The molecule has 33 heavy (non-hydrogen) atoms. The highest BCUT2D eigenvalue weighted by Crippen LogP contribution is 2.41. The number of fused-ring (bicyclic) bond motifs is 1. The van der Waals surface area contributed by atoms with Crippen molar-refractivity contribution in [1.29, 1.82) is 0 Å². The number of piperidine rings is 1. The van der Waals surface area contributed by atoms with Gasteiger partial charge >= 0.3 is 0 Å². The van der Waals surface area contributed by atoms with Crippen molar-refractivity contribution in [3.8, 4) is 27.7 Å². The zero-order chi connectivity index (χ0) is 22.6. The molecular weight excluding hydrogens is 430 g/mol. The number of nitrogens with zero attached hydrogens (tertiary/aromatic N) is 1. The number of hydrogen-bond donors (Lipinski definition) is 2. The molecule has 1 saturated heterocycles. The Morgan fingerprint density at radius 1 is 0.818 bits per heavy atom. The van der Waals surface area contributed by atoms with Crippen molar-refractivity contribution in [1.82, 2.24) is 4.90 Å². The lowest BCUT2D eigenvalue weighted by atomic mass is 9.99. The van der Waals surface area contributed by atoms with Gasteiger partial charge < -0.3 is 14.9 Å². The van der Waals surface area contributed by atoms with Crippen LogP contribution in [0.2, 0.25) is 0 Å². The van der Waals surface area contributed by atoms with Crippen LogP contribution in [0, 0.1) is 0 Å². The number of rotatable bonds is 7. The van der Waals surface area contributed by atoms with Gasteiger partial charge in [-0.05, 0) is 109 Å². The average Bonchev–Trinajstić information content (AvgIpc) is 3.18. The summed E-state index contributed by atoms with van der Waals surface area (Å²) in [5, 5.41) is 20.8. The molecule has 1 aromatic heterocycles. The van der Waals surface area contributed by atoms with Crippen LogP contribution < -0.4 is 4.74 Å². The molecule has 1 fully saturated rings. The number of likely N-dealkylation sites (tertiary alicyclic amines) is 1. The van der Waals surface area contributed by atoms with Crippen LogP contribution in [-0.2, 0) is 6.42 Å². The Morgan fingerprint density at radius 2 is 1.55 bits per heavy atom. The molecule has 2 heterocycles. The highest BCUT2D eigenvalue weighted by atomic mass is 32.1. The van der Waals surface area contributed by atoms with Crippen LogP contribution in [0.25, 0.3) is 20.5 Å². The zero-order valence-corrected chi connectivity index (χ0v) is 19.5.